The van der Waals surface area contributed by atoms with E-state index < -0.39 is 8.32 Å². The molecule has 0 atom stereocenters. The molecule has 2 nitrogen and oxygen atoms in total. The van der Waals surface area contributed by atoms with Crippen LogP contribution in [-0.4, -0.2) is 20.7 Å². The van der Waals surface area contributed by atoms with Crippen molar-refractivity contribution >= 4 is 14.1 Å². The fourth-order valence-electron chi connectivity index (χ4n) is 2.40. The van der Waals surface area contributed by atoms with E-state index in [1.54, 1.807) is 6.92 Å². The van der Waals surface area contributed by atoms with Crippen LogP contribution in [0.5, 0.6) is 0 Å². The van der Waals surface area contributed by atoms with Gasteiger partial charge in [0.25, 0.3) is 0 Å². The third-order valence-corrected chi connectivity index (χ3v) is 9.88. The summed E-state index contributed by atoms with van der Waals surface area (Å²) in [5.41, 5.74) is 4.19. The Kier molecular flexibility index (Phi) is 12.1. The second-order valence-electron chi connectivity index (χ2n) is 9.56. The lowest BCUT2D eigenvalue weighted by atomic mass is 10.0. The average molecular weight is 393 g/mol. The highest BCUT2D eigenvalue weighted by Crippen LogP contribution is 2.36. The van der Waals surface area contributed by atoms with Gasteiger partial charge < -0.3 is 9.22 Å². The predicted octanol–water partition coefficient (Wildman–Crippen LogP) is 7.78. The Morgan fingerprint density at radius 3 is 1.93 bits per heavy atom. The molecule has 156 valence electrons. The summed E-state index contributed by atoms with van der Waals surface area (Å²) >= 11 is 0. The van der Waals surface area contributed by atoms with Crippen molar-refractivity contribution in [2.75, 3.05) is 6.61 Å². The number of Topliss-reactive ketones (excluding diaryl/α,β-unsaturated/α-hetero) is 1. The Labute approximate surface area is 170 Å². The Hall–Kier alpha value is -0.933. The zero-order valence-corrected chi connectivity index (χ0v) is 20.5. The summed E-state index contributed by atoms with van der Waals surface area (Å²) in [5, 5.41) is 0.221. The minimum Gasteiger partial charge on any atom is -0.413 e. The minimum absolute atomic E-state index is 0.221. The smallest absolute Gasteiger partial charge is 0.192 e. The fraction of sp³-hybridized carbons (Fsp3) is 0.708. The molecule has 0 saturated carbocycles. The minimum atomic E-state index is -1.75. The SMILES string of the molecule is CC(=O)CCC=C(CCC=C(C)CCC=C(C)C)CO[Si](C)(C)C(C)(C)C. The molecule has 0 aliphatic heterocycles. The highest BCUT2D eigenvalue weighted by molar-refractivity contribution is 6.74. The summed E-state index contributed by atoms with van der Waals surface area (Å²) in [4.78, 5) is 11.3. The molecule has 0 aliphatic rings. The maximum absolute atomic E-state index is 11.3. The van der Waals surface area contributed by atoms with Gasteiger partial charge in [-0.05, 0) is 83.5 Å². The molecule has 0 unspecified atom stereocenters. The number of rotatable bonds is 12. The van der Waals surface area contributed by atoms with Crippen molar-refractivity contribution in [2.24, 2.45) is 0 Å². The molecule has 0 rings (SSSR count). The average Bonchev–Trinajstić information content (AvgIpc) is 2.50. The first kappa shape index (κ1) is 26.1. The van der Waals surface area contributed by atoms with E-state index in [4.69, 9.17) is 4.43 Å². The van der Waals surface area contributed by atoms with Crippen LogP contribution in [-0.2, 0) is 9.22 Å². The van der Waals surface area contributed by atoms with Crippen molar-refractivity contribution in [3.05, 3.63) is 34.9 Å². The van der Waals surface area contributed by atoms with Gasteiger partial charge in [-0.1, -0.05) is 50.1 Å². The van der Waals surface area contributed by atoms with E-state index in [0.29, 0.717) is 13.0 Å². The normalized spacial score (nSPS) is 13.7. The largest absolute Gasteiger partial charge is 0.413 e. The summed E-state index contributed by atoms with van der Waals surface area (Å²) in [6, 6.07) is 0. The van der Waals surface area contributed by atoms with E-state index in [2.05, 4.69) is 72.9 Å². The summed E-state index contributed by atoms with van der Waals surface area (Å²) < 4.78 is 6.42. The van der Waals surface area contributed by atoms with Crippen molar-refractivity contribution in [1.29, 1.82) is 0 Å². The van der Waals surface area contributed by atoms with Gasteiger partial charge in [0.1, 0.15) is 5.78 Å². The number of carbonyl (C=O) groups is 1. The van der Waals surface area contributed by atoms with Crippen LogP contribution in [0.3, 0.4) is 0 Å². The third kappa shape index (κ3) is 13.0. The van der Waals surface area contributed by atoms with Gasteiger partial charge in [0.05, 0.1) is 6.61 Å². The van der Waals surface area contributed by atoms with E-state index in [1.165, 1.54) is 16.7 Å². The molecule has 0 fully saturated rings. The summed E-state index contributed by atoms with van der Waals surface area (Å²) in [6.07, 6.45) is 12.7. The van der Waals surface area contributed by atoms with Gasteiger partial charge in [-0.3, -0.25) is 0 Å². The maximum atomic E-state index is 11.3. The molecule has 0 heterocycles. The molecule has 0 aromatic carbocycles. The molecular weight excluding hydrogens is 348 g/mol. The molecule has 3 heteroatoms. The van der Waals surface area contributed by atoms with Crippen LogP contribution in [0.2, 0.25) is 18.1 Å². The summed E-state index contributed by atoms with van der Waals surface area (Å²) in [7, 11) is -1.75. The van der Waals surface area contributed by atoms with Gasteiger partial charge in [-0.15, -0.1) is 0 Å². The molecular formula is C24H44O2Si. The fourth-order valence-corrected chi connectivity index (χ4v) is 3.38. The Morgan fingerprint density at radius 2 is 1.41 bits per heavy atom. The molecule has 0 aliphatic carbocycles. The molecule has 0 aromatic rings. The van der Waals surface area contributed by atoms with Crippen molar-refractivity contribution in [2.45, 2.75) is 105 Å². The van der Waals surface area contributed by atoms with E-state index in [1.807, 2.05) is 0 Å². The Morgan fingerprint density at radius 1 is 0.852 bits per heavy atom. The molecule has 27 heavy (non-hydrogen) atoms. The molecule has 0 amide bonds. The van der Waals surface area contributed by atoms with Crippen LogP contribution in [0, 0.1) is 0 Å². The van der Waals surface area contributed by atoms with Gasteiger partial charge in [-0.25, -0.2) is 0 Å². The highest BCUT2D eigenvalue weighted by Gasteiger charge is 2.37. The zero-order valence-electron chi connectivity index (χ0n) is 19.5. The molecule has 0 spiro atoms. The number of hydrogen-bond acceptors (Lipinski definition) is 2. The van der Waals surface area contributed by atoms with E-state index >= 15 is 0 Å². The summed E-state index contributed by atoms with van der Waals surface area (Å²) in [6.45, 7) is 20.3. The molecule has 0 saturated heterocycles. The first-order valence-corrected chi connectivity index (χ1v) is 13.4. The topological polar surface area (TPSA) is 26.3 Å². The standard InChI is InChI=1S/C24H44O2Si/c1-20(2)13-10-14-21(3)15-11-17-23(18-12-16-22(4)25)19-26-27(8,9)24(5,6)7/h13,15,18H,10-12,14,16-17,19H2,1-9H3. The Bertz CT molecular complexity index is 541. The van der Waals surface area contributed by atoms with Crippen LogP contribution in [0.4, 0.5) is 0 Å². The van der Waals surface area contributed by atoms with Crippen LogP contribution < -0.4 is 0 Å². The van der Waals surface area contributed by atoms with Gasteiger partial charge in [0, 0.05) is 6.42 Å². The lowest BCUT2D eigenvalue weighted by molar-refractivity contribution is -0.116. The Balaban J connectivity index is 4.77. The van der Waals surface area contributed by atoms with E-state index in [9.17, 15) is 4.79 Å². The first-order valence-electron chi connectivity index (χ1n) is 10.5. The van der Waals surface area contributed by atoms with Crippen molar-refractivity contribution in [3.8, 4) is 0 Å². The van der Waals surface area contributed by atoms with Gasteiger partial charge >= 0.3 is 0 Å². The van der Waals surface area contributed by atoms with Crippen LogP contribution in [0.1, 0.15) is 87.0 Å². The van der Waals surface area contributed by atoms with Crippen LogP contribution in [0.15, 0.2) is 34.9 Å². The predicted molar refractivity (Wildman–Crippen MR) is 123 cm³/mol. The molecule has 0 radical (unpaired) electrons. The molecule has 0 N–H and O–H groups in total. The lowest BCUT2D eigenvalue weighted by Crippen LogP contribution is -2.41. The monoisotopic (exact) mass is 392 g/mol. The maximum Gasteiger partial charge on any atom is 0.192 e. The number of allylic oxidation sites excluding steroid dienone is 5. The van der Waals surface area contributed by atoms with Crippen LogP contribution in [0.25, 0.3) is 0 Å². The third-order valence-electron chi connectivity index (χ3n) is 5.40. The van der Waals surface area contributed by atoms with Gasteiger partial charge in [0.15, 0.2) is 8.32 Å². The van der Waals surface area contributed by atoms with Crippen LogP contribution >= 0.6 is 0 Å². The number of carbonyl (C=O) groups excluding carboxylic acids is 1. The lowest BCUT2D eigenvalue weighted by Gasteiger charge is -2.36. The van der Waals surface area contributed by atoms with E-state index in [-0.39, 0.29) is 10.8 Å². The van der Waals surface area contributed by atoms with Crippen molar-refractivity contribution < 1.29 is 9.22 Å². The second-order valence-corrected chi connectivity index (χ2v) is 14.4. The summed E-state index contributed by atoms with van der Waals surface area (Å²) in [5.74, 6) is 0.255. The second kappa shape index (κ2) is 12.5. The zero-order chi connectivity index (χ0) is 21.1. The quantitative estimate of drug-likeness (QED) is 0.250. The number of hydrogen-bond donors (Lipinski definition) is 0. The number of ketones is 1. The first-order chi connectivity index (χ1) is 12.3. The van der Waals surface area contributed by atoms with Gasteiger partial charge in [0.2, 0.25) is 0 Å². The van der Waals surface area contributed by atoms with Crippen molar-refractivity contribution in [1.82, 2.24) is 0 Å². The van der Waals surface area contributed by atoms with Gasteiger partial charge in [-0.2, -0.15) is 0 Å². The molecule has 0 aromatic heterocycles. The highest BCUT2D eigenvalue weighted by atomic mass is 28.4. The van der Waals surface area contributed by atoms with E-state index in [0.717, 1.165) is 32.1 Å². The van der Waals surface area contributed by atoms with Crippen molar-refractivity contribution in [3.63, 3.8) is 0 Å². The molecule has 0 bridgehead atoms.